The Morgan fingerprint density at radius 3 is 2.62 bits per heavy atom. The van der Waals surface area contributed by atoms with Crippen LogP contribution in [0, 0.1) is 13.8 Å². The van der Waals surface area contributed by atoms with Gasteiger partial charge in [-0.05, 0) is 73.5 Å². The minimum absolute atomic E-state index is 0.0624. The SMILES string of the molecule is CCN1C(=O)/C(=C\c2ccc(Cl)cc2Cl)SC1=Nc1cc(C)ccc1C. The van der Waals surface area contributed by atoms with E-state index in [0.717, 1.165) is 22.4 Å². The molecule has 3 nitrogen and oxygen atoms in total. The van der Waals surface area contributed by atoms with Crippen molar-refractivity contribution in [3.8, 4) is 0 Å². The summed E-state index contributed by atoms with van der Waals surface area (Å²) in [5.74, 6) is -0.0624. The third kappa shape index (κ3) is 3.98. The number of likely N-dealkylation sites (N-methyl/N-ethyl adjacent to an activating group) is 1. The van der Waals surface area contributed by atoms with Crippen LogP contribution in [-0.4, -0.2) is 22.5 Å². The van der Waals surface area contributed by atoms with Crippen LogP contribution in [0.1, 0.15) is 23.6 Å². The summed E-state index contributed by atoms with van der Waals surface area (Å²) in [6, 6.07) is 11.4. The van der Waals surface area contributed by atoms with Gasteiger partial charge in [-0.2, -0.15) is 0 Å². The molecule has 1 aliphatic heterocycles. The van der Waals surface area contributed by atoms with Crippen LogP contribution in [0.2, 0.25) is 10.0 Å². The van der Waals surface area contributed by atoms with Gasteiger partial charge in [0.25, 0.3) is 5.91 Å². The molecule has 2 aromatic carbocycles. The van der Waals surface area contributed by atoms with Gasteiger partial charge in [0.1, 0.15) is 0 Å². The molecule has 3 rings (SSSR count). The molecule has 0 spiro atoms. The quantitative estimate of drug-likeness (QED) is 0.567. The second kappa shape index (κ2) is 7.87. The zero-order chi connectivity index (χ0) is 18.8. The lowest BCUT2D eigenvalue weighted by Crippen LogP contribution is -2.28. The molecular formula is C20H18Cl2N2OS. The highest BCUT2D eigenvalue weighted by Crippen LogP contribution is 2.36. The Labute approximate surface area is 167 Å². The first-order valence-electron chi connectivity index (χ1n) is 8.21. The Kier molecular flexibility index (Phi) is 5.76. The number of carbonyl (C=O) groups is 1. The summed E-state index contributed by atoms with van der Waals surface area (Å²) in [6.07, 6.45) is 1.79. The number of hydrogen-bond donors (Lipinski definition) is 0. The second-order valence-corrected chi connectivity index (χ2v) is 7.86. The molecule has 0 bridgehead atoms. The largest absolute Gasteiger partial charge is 0.287 e. The summed E-state index contributed by atoms with van der Waals surface area (Å²) in [7, 11) is 0. The van der Waals surface area contributed by atoms with Gasteiger partial charge in [-0.25, -0.2) is 4.99 Å². The number of carbonyl (C=O) groups excluding carboxylic acids is 1. The standard InChI is InChI=1S/C20H18Cl2N2OS/c1-4-24-19(25)18(10-14-7-8-15(21)11-16(14)22)26-20(24)23-17-9-12(2)5-6-13(17)3/h5-11H,4H2,1-3H3/b18-10+,23-20?. The molecule has 0 unspecified atom stereocenters. The molecule has 0 radical (unpaired) electrons. The smallest absolute Gasteiger partial charge is 0.266 e. The average molecular weight is 405 g/mol. The summed E-state index contributed by atoms with van der Waals surface area (Å²) < 4.78 is 0. The van der Waals surface area contributed by atoms with E-state index in [-0.39, 0.29) is 5.91 Å². The Morgan fingerprint density at radius 1 is 1.15 bits per heavy atom. The highest BCUT2D eigenvalue weighted by atomic mass is 35.5. The summed E-state index contributed by atoms with van der Waals surface area (Å²) in [4.78, 5) is 19.8. The zero-order valence-corrected chi connectivity index (χ0v) is 17.0. The fraction of sp³-hybridized carbons (Fsp3) is 0.200. The van der Waals surface area contributed by atoms with Crippen molar-refractivity contribution >= 4 is 57.8 Å². The van der Waals surface area contributed by atoms with E-state index in [1.165, 1.54) is 11.8 Å². The van der Waals surface area contributed by atoms with Crippen LogP contribution in [0.15, 0.2) is 46.3 Å². The Balaban J connectivity index is 1.99. The van der Waals surface area contributed by atoms with Crippen LogP contribution < -0.4 is 0 Å². The number of hydrogen-bond acceptors (Lipinski definition) is 3. The van der Waals surface area contributed by atoms with Gasteiger partial charge in [-0.3, -0.25) is 9.69 Å². The number of nitrogens with zero attached hydrogens (tertiary/aromatic N) is 2. The molecular weight excluding hydrogens is 387 g/mol. The van der Waals surface area contributed by atoms with E-state index in [1.54, 1.807) is 23.1 Å². The van der Waals surface area contributed by atoms with Crippen molar-refractivity contribution in [2.75, 3.05) is 6.54 Å². The molecule has 6 heteroatoms. The van der Waals surface area contributed by atoms with Crippen molar-refractivity contribution in [2.45, 2.75) is 20.8 Å². The number of amides is 1. The monoisotopic (exact) mass is 404 g/mol. The lowest BCUT2D eigenvalue weighted by molar-refractivity contribution is -0.122. The van der Waals surface area contributed by atoms with Crippen LogP contribution in [-0.2, 0) is 4.79 Å². The maximum atomic E-state index is 12.8. The molecule has 1 saturated heterocycles. The van der Waals surface area contributed by atoms with E-state index in [4.69, 9.17) is 28.2 Å². The minimum Gasteiger partial charge on any atom is -0.287 e. The van der Waals surface area contributed by atoms with Gasteiger partial charge in [-0.1, -0.05) is 41.4 Å². The number of benzene rings is 2. The molecule has 134 valence electrons. The van der Waals surface area contributed by atoms with Gasteiger partial charge < -0.3 is 0 Å². The van der Waals surface area contributed by atoms with Gasteiger partial charge in [0.15, 0.2) is 5.17 Å². The molecule has 0 saturated carbocycles. The summed E-state index contributed by atoms with van der Waals surface area (Å²) in [6.45, 7) is 6.54. The first-order chi connectivity index (χ1) is 12.4. The second-order valence-electron chi connectivity index (χ2n) is 6.01. The predicted molar refractivity (Wildman–Crippen MR) is 112 cm³/mol. The van der Waals surface area contributed by atoms with Crippen LogP contribution in [0.5, 0.6) is 0 Å². The number of aliphatic imine (C=N–C) groups is 1. The zero-order valence-electron chi connectivity index (χ0n) is 14.7. The van der Waals surface area contributed by atoms with E-state index in [9.17, 15) is 4.79 Å². The summed E-state index contributed by atoms with van der Waals surface area (Å²) >= 11 is 13.5. The highest BCUT2D eigenvalue weighted by molar-refractivity contribution is 8.18. The van der Waals surface area contributed by atoms with Crippen LogP contribution in [0.4, 0.5) is 5.69 Å². The van der Waals surface area contributed by atoms with Gasteiger partial charge >= 0.3 is 0 Å². The van der Waals surface area contributed by atoms with Crippen molar-refractivity contribution in [3.63, 3.8) is 0 Å². The van der Waals surface area contributed by atoms with E-state index in [2.05, 4.69) is 6.07 Å². The van der Waals surface area contributed by atoms with Crippen LogP contribution in [0.3, 0.4) is 0 Å². The van der Waals surface area contributed by atoms with Crippen molar-refractivity contribution < 1.29 is 4.79 Å². The maximum Gasteiger partial charge on any atom is 0.266 e. The van der Waals surface area contributed by atoms with E-state index in [0.29, 0.717) is 26.7 Å². The lowest BCUT2D eigenvalue weighted by Gasteiger charge is -2.12. The van der Waals surface area contributed by atoms with Crippen molar-refractivity contribution in [3.05, 3.63) is 68.0 Å². The number of aryl methyl sites for hydroxylation is 2. The number of amidine groups is 1. The van der Waals surface area contributed by atoms with Gasteiger partial charge in [0, 0.05) is 16.6 Å². The summed E-state index contributed by atoms with van der Waals surface area (Å²) in [5.41, 5.74) is 3.85. The normalized spacial score (nSPS) is 17.6. The van der Waals surface area contributed by atoms with Crippen molar-refractivity contribution in [2.24, 2.45) is 4.99 Å². The molecule has 26 heavy (non-hydrogen) atoms. The third-order valence-corrected chi connectivity index (χ3v) is 5.60. The molecule has 1 fully saturated rings. The van der Waals surface area contributed by atoms with Crippen LogP contribution >= 0.6 is 35.0 Å². The van der Waals surface area contributed by atoms with E-state index in [1.807, 2.05) is 39.0 Å². The third-order valence-electron chi connectivity index (χ3n) is 4.03. The van der Waals surface area contributed by atoms with Gasteiger partial charge in [0.2, 0.25) is 0 Å². The molecule has 0 atom stereocenters. The number of thioether (sulfide) groups is 1. The molecule has 2 aromatic rings. The molecule has 1 heterocycles. The maximum absolute atomic E-state index is 12.8. The molecule has 0 N–H and O–H groups in total. The predicted octanol–water partition coefficient (Wildman–Crippen LogP) is 6.23. The fourth-order valence-corrected chi connectivity index (χ4v) is 4.08. The first kappa shape index (κ1) is 19.0. The Bertz CT molecular complexity index is 937. The molecule has 1 amide bonds. The highest BCUT2D eigenvalue weighted by Gasteiger charge is 2.32. The summed E-state index contributed by atoms with van der Waals surface area (Å²) in [5, 5.41) is 1.76. The number of rotatable bonds is 3. The van der Waals surface area contributed by atoms with Crippen molar-refractivity contribution in [1.82, 2.24) is 4.90 Å². The molecule has 0 aromatic heterocycles. The van der Waals surface area contributed by atoms with Crippen molar-refractivity contribution in [1.29, 1.82) is 0 Å². The molecule has 1 aliphatic rings. The first-order valence-corrected chi connectivity index (χ1v) is 9.78. The van der Waals surface area contributed by atoms with E-state index < -0.39 is 0 Å². The van der Waals surface area contributed by atoms with Gasteiger partial charge in [0.05, 0.1) is 10.6 Å². The Morgan fingerprint density at radius 2 is 1.92 bits per heavy atom. The average Bonchev–Trinajstić information content (AvgIpc) is 2.88. The molecule has 0 aliphatic carbocycles. The minimum atomic E-state index is -0.0624. The fourth-order valence-electron chi connectivity index (χ4n) is 2.57. The van der Waals surface area contributed by atoms with Gasteiger partial charge in [-0.15, -0.1) is 0 Å². The van der Waals surface area contributed by atoms with Crippen LogP contribution in [0.25, 0.3) is 6.08 Å². The van der Waals surface area contributed by atoms with E-state index >= 15 is 0 Å². The topological polar surface area (TPSA) is 32.7 Å². The number of halogens is 2. The lowest BCUT2D eigenvalue weighted by atomic mass is 10.1. The Hall–Kier alpha value is -1.75.